The van der Waals surface area contributed by atoms with Gasteiger partial charge in [0, 0.05) is 6.42 Å². The van der Waals surface area contributed by atoms with Crippen LogP contribution in [0.1, 0.15) is 33.1 Å². The molecule has 19 heavy (non-hydrogen) atoms. The van der Waals surface area contributed by atoms with E-state index in [4.69, 9.17) is 19.7 Å². The summed E-state index contributed by atoms with van der Waals surface area (Å²) in [6.07, 6.45) is 0.453. The molecule has 0 amide bonds. The summed E-state index contributed by atoms with van der Waals surface area (Å²) in [5.74, 6) is -0.823. The fourth-order valence-corrected chi connectivity index (χ4v) is 2.09. The van der Waals surface area contributed by atoms with Crippen LogP contribution < -0.4 is 0 Å². The van der Waals surface area contributed by atoms with E-state index in [9.17, 15) is 9.59 Å². The minimum absolute atomic E-state index is 0.0759. The Morgan fingerprint density at radius 2 is 2.11 bits per heavy atom. The summed E-state index contributed by atoms with van der Waals surface area (Å²) in [5, 5.41) is 17.7. The first-order valence-corrected chi connectivity index (χ1v) is 6.54. The second-order valence-electron chi connectivity index (χ2n) is 5.04. The summed E-state index contributed by atoms with van der Waals surface area (Å²) in [5.41, 5.74) is 0. The number of carbonyl (C=O) groups excluding carboxylic acids is 2. The first-order chi connectivity index (χ1) is 8.93. The Labute approximate surface area is 112 Å². The SMILES string of the molecule is CC(=O)C[C@H]1CC[C@@H]([C@H](C)C(=O)OC[C@H](O)CO)O1. The van der Waals surface area contributed by atoms with Gasteiger partial charge in [0.25, 0.3) is 0 Å². The fraction of sp³-hybridized carbons (Fsp3) is 0.846. The number of hydrogen-bond donors (Lipinski definition) is 2. The van der Waals surface area contributed by atoms with Crippen molar-refractivity contribution < 1.29 is 29.3 Å². The highest BCUT2D eigenvalue weighted by atomic mass is 16.5. The highest BCUT2D eigenvalue weighted by Gasteiger charge is 2.34. The maximum Gasteiger partial charge on any atom is 0.311 e. The van der Waals surface area contributed by atoms with Gasteiger partial charge in [-0.05, 0) is 26.7 Å². The highest BCUT2D eigenvalue weighted by molar-refractivity contribution is 5.76. The number of Topliss-reactive ketones (excluding diaryl/α,β-unsaturated/α-hetero) is 1. The molecule has 110 valence electrons. The molecular formula is C13H22O6. The number of aliphatic hydroxyl groups excluding tert-OH is 2. The van der Waals surface area contributed by atoms with E-state index in [1.165, 1.54) is 6.92 Å². The van der Waals surface area contributed by atoms with E-state index in [-0.39, 0.29) is 24.6 Å². The lowest BCUT2D eigenvalue weighted by atomic mass is 10.0. The topological polar surface area (TPSA) is 93.1 Å². The number of aliphatic hydroxyl groups is 2. The summed E-state index contributed by atoms with van der Waals surface area (Å²) in [4.78, 5) is 22.7. The summed E-state index contributed by atoms with van der Waals surface area (Å²) in [6.45, 7) is 2.56. The monoisotopic (exact) mass is 274 g/mol. The van der Waals surface area contributed by atoms with Gasteiger partial charge >= 0.3 is 5.97 Å². The van der Waals surface area contributed by atoms with E-state index in [0.29, 0.717) is 6.42 Å². The molecule has 0 aliphatic carbocycles. The third kappa shape index (κ3) is 5.26. The average Bonchev–Trinajstić information content (AvgIpc) is 2.81. The minimum Gasteiger partial charge on any atom is -0.463 e. The van der Waals surface area contributed by atoms with E-state index < -0.39 is 24.6 Å². The Hall–Kier alpha value is -0.980. The molecule has 2 N–H and O–H groups in total. The van der Waals surface area contributed by atoms with Gasteiger partial charge in [0.1, 0.15) is 18.5 Å². The maximum absolute atomic E-state index is 11.7. The van der Waals surface area contributed by atoms with Crippen LogP contribution in [0.5, 0.6) is 0 Å². The summed E-state index contributed by atoms with van der Waals surface area (Å²) >= 11 is 0. The smallest absolute Gasteiger partial charge is 0.311 e. The van der Waals surface area contributed by atoms with Crippen LogP contribution in [-0.4, -0.2) is 53.5 Å². The zero-order chi connectivity index (χ0) is 14.4. The molecule has 1 rings (SSSR count). The van der Waals surface area contributed by atoms with Crippen LogP contribution >= 0.6 is 0 Å². The van der Waals surface area contributed by atoms with Crippen molar-refractivity contribution in [3.63, 3.8) is 0 Å². The molecule has 1 fully saturated rings. The van der Waals surface area contributed by atoms with E-state index in [1.807, 2.05) is 0 Å². The number of rotatable bonds is 7. The van der Waals surface area contributed by atoms with E-state index in [0.717, 1.165) is 12.8 Å². The predicted molar refractivity (Wildman–Crippen MR) is 66.4 cm³/mol. The van der Waals surface area contributed by atoms with Crippen molar-refractivity contribution in [1.82, 2.24) is 0 Å². The number of esters is 1. The van der Waals surface area contributed by atoms with E-state index >= 15 is 0 Å². The average molecular weight is 274 g/mol. The van der Waals surface area contributed by atoms with E-state index in [1.54, 1.807) is 6.92 Å². The molecule has 4 atom stereocenters. The van der Waals surface area contributed by atoms with Crippen molar-refractivity contribution in [2.45, 2.75) is 51.4 Å². The van der Waals surface area contributed by atoms with Crippen molar-refractivity contribution in [3.8, 4) is 0 Å². The summed E-state index contributed by atoms with van der Waals surface area (Å²) in [7, 11) is 0. The lowest BCUT2D eigenvalue weighted by Crippen LogP contribution is -2.31. The lowest BCUT2D eigenvalue weighted by molar-refractivity contribution is -0.156. The molecule has 1 saturated heterocycles. The van der Waals surface area contributed by atoms with Gasteiger partial charge in [-0.25, -0.2) is 0 Å². The maximum atomic E-state index is 11.7. The molecule has 0 aromatic heterocycles. The van der Waals surface area contributed by atoms with Gasteiger partial charge in [0.05, 0.1) is 24.7 Å². The predicted octanol–water partition coefficient (Wildman–Crippen LogP) is 0.0456. The second-order valence-corrected chi connectivity index (χ2v) is 5.04. The van der Waals surface area contributed by atoms with Crippen LogP contribution in [0.15, 0.2) is 0 Å². The highest BCUT2D eigenvalue weighted by Crippen LogP contribution is 2.28. The third-order valence-corrected chi connectivity index (χ3v) is 3.21. The molecule has 1 heterocycles. The first-order valence-electron chi connectivity index (χ1n) is 6.54. The molecule has 6 nitrogen and oxygen atoms in total. The van der Waals surface area contributed by atoms with Gasteiger partial charge in [0.2, 0.25) is 0 Å². The Bertz CT molecular complexity index is 316. The van der Waals surface area contributed by atoms with Crippen LogP contribution in [0.3, 0.4) is 0 Å². The van der Waals surface area contributed by atoms with Crippen LogP contribution in [0.4, 0.5) is 0 Å². The normalized spacial score (nSPS) is 25.9. The van der Waals surface area contributed by atoms with Crippen molar-refractivity contribution in [2.24, 2.45) is 5.92 Å². The third-order valence-electron chi connectivity index (χ3n) is 3.21. The second kappa shape index (κ2) is 7.57. The van der Waals surface area contributed by atoms with Gasteiger partial charge < -0.3 is 19.7 Å². The van der Waals surface area contributed by atoms with Gasteiger partial charge in [-0.2, -0.15) is 0 Å². The molecule has 0 bridgehead atoms. The minimum atomic E-state index is -1.05. The van der Waals surface area contributed by atoms with Crippen LogP contribution in [-0.2, 0) is 19.1 Å². The largest absolute Gasteiger partial charge is 0.463 e. The quantitative estimate of drug-likeness (QED) is 0.637. The standard InChI is InChI=1S/C13H22O6/c1-8(15)5-11-3-4-12(19-11)9(2)13(17)18-7-10(16)6-14/h9-12,14,16H,3-7H2,1-2H3/t9-,10+,11+,12-/m0/s1. The van der Waals surface area contributed by atoms with Crippen LogP contribution in [0, 0.1) is 5.92 Å². The molecule has 0 aromatic carbocycles. The molecular weight excluding hydrogens is 252 g/mol. The molecule has 0 spiro atoms. The number of carbonyl (C=O) groups is 2. The Morgan fingerprint density at radius 3 is 2.68 bits per heavy atom. The zero-order valence-corrected chi connectivity index (χ0v) is 11.4. The molecule has 0 saturated carbocycles. The first kappa shape index (κ1) is 16.1. The summed E-state index contributed by atoms with van der Waals surface area (Å²) in [6, 6.07) is 0. The van der Waals surface area contributed by atoms with Crippen molar-refractivity contribution >= 4 is 11.8 Å². The molecule has 6 heteroatoms. The number of ketones is 1. The van der Waals surface area contributed by atoms with Gasteiger partial charge in [0.15, 0.2) is 0 Å². The molecule has 0 radical (unpaired) electrons. The molecule has 1 aliphatic heterocycles. The van der Waals surface area contributed by atoms with Crippen molar-refractivity contribution in [2.75, 3.05) is 13.2 Å². The van der Waals surface area contributed by atoms with Crippen molar-refractivity contribution in [3.05, 3.63) is 0 Å². The zero-order valence-electron chi connectivity index (χ0n) is 11.4. The molecule has 0 unspecified atom stereocenters. The molecule has 0 aromatic rings. The van der Waals surface area contributed by atoms with Gasteiger partial charge in [-0.15, -0.1) is 0 Å². The fourth-order valence-electron chi connectivity index (χ4n) is 2.09. The number of ether oxygens (including phenoxy) is 2. The van der Waals surface area contributed by atoms with Crippen molar-refractivity contribution in [1.29, 1.82) is 0 Å². The Kier molecular flexibility index (Phi) is 6.41. The van der Waals surface area contributed by atoms with Crippen LogP contribution in [0.2, 0.25) is 0 Å². The summed E-state index contributed by atoms with van der Waals surface area (Å²) < 4.78 is 10.5. The van der Waals surface area contributed by atoms with Gasteiger partial charge in [-0.3, -0.25) is 9.59 Å². The number of hydrogen-bond acceptors (Lipinski definition) is 6. The van der Waals surface area contributed by atoms with E-state index in [2.05, 4.69) is 0 Å². The Balaban J connectivity index is 2.35. The van der Waals surface area contributed by atoms with Crippen LogP contribution in [0.25, 0.3) is 0 Å². The van der Waals surface area contributed by atoms with Gasteiger partial charge in [-0.1, -0.05) is 0 Å². The molecule has 1 aliphatic rings. The lowest BCUT2D eigenvalue weighted by Gasteiger charge is -2.19. The Morgan fingerprint density at radius 1 is 1.42 bits per heavy atom.